The van der Waals surface area contributed by atoms with Crippen molar-refractivity contribution in [3.8, 4) is 0 Å². The fourth-order valence-electron chi connectivity index (χ4n) is 1.51. The molecule has 2 rings (SSSR count). The minimum Gasteiger partial charge on any atom is -0.479 e. The topological polar surface area (TPSA) is 126 Å². The van der Waals surface area contributed by atoms with Crippen molar-refractivity contribution < 1.29 is 19.8 Å². The van der Waals surface area contributed by atoms with E-state index in [9.17, 15) is 14.7 Å². The van der Waals surface area contributed by atoms with Gasteiger partial charge in [0, 0.05) is 5.56 Å². The Morgan fingerprint density at radius 3 is 2.85 bits per heavy atom. The zero-order valence-electron chi connectivity index (χ0n) is 10.6. The maximum absolute atomic E-state index is 11.9. The number of thiazole rings is 1. The number of nitrogen functional groups attached to an aromatic ring is 1. The second-order valence-corrected chi connectivity index (χ2v) is 5.56. The summed E-state index contributed by atoms with van der Waals surface area (Å²) in [5.41, 5.74) is 4.61. The van der Waals surface area contributed by atoms with Gasteiger partial charge in [-0.3, -0.25) is 4.79 Å². The SMILES string of the molecule is CC(O)(CNC(=O)c1ccc2nc(N)sc2c1)C(=O)O. The highest BCUT2D eigenvalue weighted by Gasteiger charge is 2.30. The second kappa shape index (κ2) is 5.06. The van der Waals surface area contributed by atoms with E-state index in [1.807, 2.05) is 0 Å². The Morgan fingerprint density at radius 1 is 1.50 bits per heavy atom. The van der Waals surface area contributed by atoms with Crippen LogP contribution in [0, 0.1) is 0 Å². The number of carboxylic acids is 1. The van der Waals surface area contributed by atoms with Crippen LogP contribution in [0.25, 0.3) is 10.2 Å². The number of benzene rings is 1. The molecule has 0 saturated carbocycles. The summed E-state index contributed by atoms with van der Waals surface area (Å²) in [6.07, 6.45) is 0. The van der Waals surface area contributed by atoms with Gasteiger partial charge in [-0.25, -0.2) is 9.78 Å². The molecule has 0 aliphatic carbocycles. The number of anilines is 1. The molecule has 0 radical (unpaired) electrons. The first-order valence-corrected chi connectivity index (χ1v) is 6.51. The second-order valence-electron chi connectivity index (χ2n) is 4.50. The Balaban J connectivity index is 2.13. The van der Waals surface area contributed by atoms with Gasteiger partial charge in [-0.2, -0.15) is 0 Å². The highest BCUT2D eigenvalue weighted by molar-refractivity contribution is 7.22. The van der Waals surface area contributed by atoms with Crippen molar-refractivity contribution in [2.45, 2.75) is 12.5 Å². The highest BCUT2D eigenvalue weighted by atomic mass is 32.1. The molecule has 0 aliphatic heterocycles. The van der Waals surface area contributed by atoms with E-state index >= 15 is 0 Å². The van der Waals surface area contributed by atoms with Gasteiger partial charge in [0.15, 0.2) is 10.7 Å². The molecule has 106 valence electrons. The number of nitrogens with zero attached hydrogens (tertiary/aromatic N) is 1. The first kappa shape index (κ1) is 14.2. The van der Waals surface area contributed by atoms with Gasteiger partial charge in [0.2, 0.25) is 0 Å². The van der Waals surface area contributed by atoms with Crippen LogP contribution in [-0.2, 0) is 4.79 Å². The Kier molecular flexibility index (Phi) is 3.60. The first-order valence-electron chi connectivity index (χ1n) is 5.69. The lowest BCUT2D eigenvalue weighted by atomic mass is 10.1. The van der Waals surface area contributed by atoms with Crippen molar-refractivity contribution in [1.29, 1.82) is 0 Å². The van der Waals surface area contributed by atoms with E-state index in [2.05, 4.69) is 10.3 Å². The average molecular weight is 295 g/mol. The normalized spacial score (nSPS) is 13.9. The molecule has 1 heterocycles. The number of nitrogens with one attached hydrogen (secondary N) is 1. The van der Waals surface area contributed by atoms with Gasteiger partial charge in [0.25, 0.3) is 5.91 Å². The lowest BCUT2D eigenvalue weighted by molar-refractivity contribution is -0.155. The van der Waals surface area contributed by atoms with Crippen LogP contribution in [0.3, 0.4) is 0 Å². The molecule has 0 aliphatic rings. The number of hydrogen-bond acceptors (Lipinski definition) is 6. The third kappa shape index (κ3) is 2.86. The third-order valence-corrected chi connectivity index (χ3v) is 3.57. The third-order valence-electron chi connectivity index (χ3n) is 2.72. The lowest BCUT2D eigenvalue weighted by Crippen LogP contribution is -2.46. The van der Waals surface area contributed by atoms with E-state index < -0.39 is 17.5 Å². The van der Waals surface area contributed by atoms with Crippen molar-refractivity contribution in [3.63, 3.8) is 0 Å². The minimum atomic E-state index is -2.01. The summed E-state index contributed by atoms with van der Waals surface area (Å²) in [6, 6.07) is 4.84. The van der Waals surface area contributed by atoms with Crippen LogP contribution in [0.2, 0.25) is 0 Å². The van der Waals surface area contributed by atoms with Crippen LogP contribution in [0.5, 0.6) is 0 Å². The van der Waals surface area contributed by atoms with E-state index in [1.54, 1.807) is 18.2 Å². The van der Waals surface area contributed by atoms with E-state index in [-0.39, 0.29) is 6.54 Å². The molecule has 0 bridgehead atoms. The average Bonchev–Trinajstić information content (AvgIpc) is 2.74. The molecular formula is C12H13N3O4S. The molecule has 1 atom stereocenters. The predicted molar refractivity (Wildman–Crippen MR) is 74.6 cm³/mol. The van der Waals surface area contributed by atoms with E-state index in [0.29, 0.717) is 16.2 Å². The molecular weight excluding hydrogens is 282 g/mol. The van der Waals surface area contributed by atoms with Gasteiger partial charge in [-0.1, -0.05) is 11.3 Å². The lowest BCUT2D eigenvalue weighted by Gasteiger charge is -2.18. The number of aromatic nitrogens is 1. The first-order chi connectivity index (χ1) is 9.29. The number of aliphatic hydroxyl groups is 1. The zero-order chi connectivity index (χ0) is 14.9. The number of hydrogen-bond donors (Lipinski definition) is 4. The summed E-state index contributed by atoms with van der Waals surface area (Å²) < 4.78 is 0.764. The fraction of sp³-hybridized carbons (Fsp3) is 0.250. The molecule has 1 aromatic heterocycles. The van der Waals surface area contributed by atoms with Crippen molar-refractivity contribution >= 4 is 38.6 Å². The Morgan fingerprint density at radius 2 is 2.20 bits per heavy atom. The molecule has 0 saturated heterocycles. The number of amides is 1. The highest BCUT2D eigenvalue weighted by Crippen LogP contribution is 2.24. The van der Waals surface area contributed by atoms with Gasteiger partial charge in [-0.15, -0.1) is 0 Å². The number of carbonyl (C=O) groups is 2. The van der Waals surface area contributed by atoms with E-state index in [0.717, 1.165) is 11.6 Å². The van der Waals surface area contributed by atoms with E-state index in [4.69, 9.17) is 10.8 Å². The Bertz CT molecular complexity index is 680. The molecule has 7 nitrogen and oxygen atoms in total. The quantitative estimate of drug-likeness (QED) is 0.648. The molecule has 0 spiro atoms. The number of aliphatic carboxylic acids is 1. The number of rotatable bonds is 4. The van der Waals surface area contributed by atoms with Crippen LogP contribution in [-0.4, -0.2) is 39.2 Å². The van der Waals surface area contributed by atoms with Gasteiger partial charge in [0.1, 0.15) is 0 Å². The molecule has 5 N–H and O–H groups in total. The molecule has 8 heteroatoms. The minimum absolute atomic E-state index is 0.349. The van der Waals surface area contributed by atoms with Gasteiger partial charge in [-0.05, 0) is 25.1 Å². The maximum Gasteiger partial charge on any atom is 0.337 e. The zero-order valence-corrected chi connectivity index (χ0v) is 11.4. The van der Waals surface area contributed by atoms with Crippen molar-refractivity contribution in [2.24, 2.45) is 0 Å². The van der Waals surface area contributed by atoms with Crippen molar-refractivity contribution in [1.82, 2.24) is 10.3 Å². The van der Waals surface area contributed by atoms with Gasteiger partial charge < -0.3 is 21.3 Å². The summed E-state index contributed by atoms with van der Waals surface area (Å²) in [4.78, 5) is 26.7. The van der Waals surface area contributed by atoms with Crippen molar-refractivity contribution in [2.75, 3.05) is 12.3 Å². The summed E-state index contributed by atoms with van der Waals surface area (Å²) in [5.74, 6) is -1.87. The Labute approximate surface area is 118 Å². The van der Waals surface area contributed by atoms with Gasteiger partial charge >= 0.3 is 5.97 Å². The van der Waals surface area contributed by atoms with Gasteiger partial charge in [0.05, 0.1) is 16.8 Å². The standard InChI is InChI=1S/C12H13N3O4S/c1-12(19,10(17)18)5-14-9(16)6-2-3-7-8(4-6)20-11(13)15-7/h2-4,19H,5H2,1H3,(H2,13,15)(H,14,16)(H,17,18). The fourth-order valence-corrected chi connectivity index (χ4v) is 2.29. The number of fused-ring (bicyclic) bond motifs is 1. The smallest absolute Gasteiger partial charge is 0.337 e. The summed E-state index contributed by atoms with van der Waals surface area (Å²) in [5, 5.41) is 21.1. The van der Waals surface area contributed by atoms with Crippen LogP contribution < -0.4 is 11.1 Å². The summed E-state index contributed by atoms with van der Waals surface area (Å²) >= 11 is 1.26. The van der Waals surface area contributed by atoms with Crippen LogP contribution in [0.15, 0.2) is 18.2 Å². The largest absolute Gasteiger partial charge is 0.479 e. The summed E-state index contributed by atoms with van der Waals surface area (Å²) in [7, 11) is 0. The summed E-state index contributed by atoms with van der Waals surface area (Å²) in [6.45, 7) is 0.729. The molecule has 1 aromatic carbocycles. The maximum atomic E-state index is 11.9. The number of carboxylic acid groups (broad SMARTS) is 1. The van der Waals surface area contributed by atoms with Crippen LogP contribution >= 0.6 is 11.3 Å². The number of nitrogens with two attached hydrogens (primary N) is 1. The predicted octanol–water partition coefficient (Wildman–Crippen LogP) is 0.444. The van der Waals surface area contributed by atoms with Crippen molar-refractivity contribution in [3.05, 3.63) is 23.8 Å². The monoisotopic (exact) mass is 295 g/mol. The van der Waals surface area contributed by atoms with Crippen LogP contribution in [0.4, 0.5) is 5.13 Å². The molecule has 1 amide bonds. The molecule has 2 aromatic rings. The Hall–Kier alpha value is -2.19. The molecule has 1 unspecified atom stereocenters. The molecule has 20 heavy (non-hydrogen) atoms. The van der Waals surface area contributed by atoms with E-state index in [1.165, 1.54) is 11.3 Å². The molecule has 0 fully saturated rings. The van der Waals surface area contributed by atoms with Crippen LogP contribution in [0.1, 0.15) is 17.3 Å². The number of carbonyl (C=O) groups excluding carboxylic acids is 1.